The Morgan fingerprint density at radius 1 is 1.22 bits per heavy atom. The van der Waals surface area contributed by atoms with E-state index in [0.717, 1.165) is 12.1 Å². The molecular weight excluding hydrogens is 220 g/mol. The summed E-state index contributed by atoms with van der Waals surface area (Å²) in [6, 6.07) is 1.50. The quantitative estimate of drug-likeness (QED) is 0.779. The molecule has 106 valence electrons. The molecule has 0 spiro atoms. The average molecular weight is 252 g/mol. The van der Waals surface area contributed by atoms with E-state index in [0.29, 0.717) is 5.41 Å². The van der Waals surface area contributed by atoms with Crippen molar-refractivity contribution in [3.63, 3.8) is 0 Å². The molecule has 1 atom stereocenters. The maximum Gasteiger partial charge on any atom is 0.00799 e. The van der Waals surface area contributed by atoms with Gasteiger partial charge >= 0.3 is 0 Å². The van der Waals surface area contributed by atoms with Crippen LogP contribution in [0.4, 0.5) is 0 Å². The fourth-order valence-corrected chi connectivity index (χ4v) is 3.42. The van der Waals surface area contributed by atoms with Crippen LogP contribution < -0.4 is 5.32 Å². The third kappa shape index (κ3) is 3.96. The van der Waals surface area contributed by atoms with Crippen LogP contribution in [0, 0.1) is 5.41 Å². The molecule has 2 heteroatoms. The molecule has 0 aromatic rings. The smallest absolute Gasteiger partial charge is 0.00799 e. The Morgan fingerprint density at radius 3 is 2.61 bits per heavy atom. The molecule has 2 rings (SSSR count). The van der Waals surface area contributed by atoms with Gasteiger partial charge in [0, 0.05) is 18.6 Å². The predicted octanol–water partition coefficient (Wildman–Crippen LogP) is 3.42. The minimum absolute atomic E-state index is 0.707. The zero-order valence-electron chi connectivity index (χ0n) is 12.7. The molecule has 0 amide bonds. The van der Waals surface area contributed by atoms with Crippen LogP contribution >= 0.6 is 0 Å². The molecule has 2 nitrogen and oxygen atoms in total. The number of hydrogen-bond donors (Lipinski definition) is 1. The Kier molecular flexibility index (Phi) is 5.08. The van der Waals surface area contributed by atoms with E-state index in [9.17, 15) is 0 Å². The molecule has 0 radical (unpaired) electrons. The summed E-state index contributed by atoms with van der Waals surface area (Å²) in [7, 11) is 0. The monoisotopic (exact) mass is 252 g/mol. The first kappa shape index (κ1) is 14.3. The molecular formula is C16H32N2. The lowest BCUT2D eigenvalue weighted by molar-refractivity contribution is 0.228. The lowest BCUT2D eigenvalue weighted by atomic mass is 9.99. The first-order valence-corrected chi connectivity index (χ1v) is 8.13. The van der Waals surface area contributed by atoms with E-state index in [1.54, 1.807) is 0 Å². The molecule has 18 heavy (non-hydrogen) atoms. The fraction of sp³-hybridized carbons (Fsp3) is 1.00. The maximum absolute atomic E-state index is 3.88. The summed E-state index contributed by atoms with van der Waals surface area (Å²) in [6.07, 6.45) is 9.83. The number of nitrogens with zero attached hydrogens (tertiary/aromatic N) is 1. The van der Waals surface area contributed by atoms with E-state index in [2.05, 4.69) is 31.0 Å². The molecule has 2 fully saturated rings. The summed E-state index contributed by atoms with van der Waals surface area (Å²) in [5, 5.41) is 3.88. The summed E-state index contributed by atoms with van der Waals surface area (Å²) < 4.78 is 0. The van der Waals surface area contributed by atoms with Gasteiger partial charge in [0.2, 0.25) is 0 Å². The first-order chi connectivity index (χ1) is 8.65. The SMILES string of the molecule is CCCC1(CNC2CCCN(C(C)C)CC2)CC1. The number of rotatable bonds is 6. The van der Waals surface area contributed by atoms with Gasteiger partial charge in [0.1, 0.15) is 0 Å². The van der Waals surface area contributed by atoms with Crippen molar-refractivity contribution in [3.8, 4) is 0 Å². The molecule has 1 saturated heterocycles. The van der Waals surface area contributed by atoms with Crippen LogP contribution in [0.25, 0.3) is 0 Å². The van der Waals surface area contributed by atoms with E-state index < -0.39 is 0 Å². The molecule has 1 unspecified atom stereocenters. The van der Waals surface area contributed by atoms with Gasteiger partial charge < -0.3 is 10.2 Å². The second-order valence-electron chi connectivity index (χ2n) is 6.89. The third-order valence-electron chi connectivity index (χ3n) is 5.00. The van der Waals surface area contributed by atoms with Crippen LogP contribution in [0.2, 0.25) is 0 Å². The van der Waals surface area contributed by atoms with Gasteiger partial charge in [0.25, 0.3) is 0 Å². The average Bonchev–Trinajstić information content (AvgIpc) is 3.10. The molecule has 0 aromatic carbocycles. The second kappa shape index (κ2) is 6.38. The molecule has 0 aromatic heterocycles. The fourth-order valence-electron chi connectivity index (χ4n) is 3.42. The lowest BCUT2D eigenvalue weighted by Crippen LogP contribution is -2.36. The third-order valence-corrected chi connectivity index (χ3v) is 5.00. The number of nitrogens with one attached hydrogen (secondary N) is 1. The normalized spacial score (nSPS) is 28.3. The van der Waals surface area contributed by atoms with E-state index in [-0.39, 0.29) is 0 Å². The summed E-state index contributed by atoms with van der Waals surface area (Å²) in [5.41, 5.74) is 0.707. The van der Waals surface area contributed by atoms with Crippen LogP contribution in [0.3, 0.4) is 0 Å². The molecule has 1 saturated carbocycles. The van der Waals surface area contributed by atoms with Crippen molar-refractivity contribution in [2.75, 3.05) is 19.6 Å². The lowest BCUT2D eigenvalue weighted by Gasteiger charge is -2.25. The summed E-state index contributed by atoms with van der Waals surface area (Å²) >= 11 is 0. The van der Waals surface area contributed by atoms with Crippen molar-refractivity contribution in [2.45, 2.75) is 77.8 Å². The van der Waals surface area contributed by atoms with Crippen LogP contribution in [0.5, 0.6) is 0 Å². The minimum atomic E-state index is 0.707. The largest absolute Gasteiger partial charge is 0.313 e. The molecule has 2 aliphatic rings. The van der Waals surface area contributed by atoms with Crippen LogP contribution in [-0.4, -0.2) is 36.6 Å². The highest BCUT2D eigenvalue weighted by Gasteiger charge is 2.41. The Labute approximate surface area is 114 Å². The van der Waals surface area contributed by atoms with Crippen molar-refractivity contribution in [1.29, 1.82) is 0 Å². The van der Waals surface area contributed by atoms with Crippen molar-refractivity contribution >= 4 is 0 Å². The van der Waals surface area contributed by atoms with Crippen molar-refractivity contribution in [2.24, 2.45) is 5.41 Å². The zero-order chi connectivity index (χ0) is 13.0. The van der Waals surface area contributed by atoms with Crippen molar-refractivity contribution < 1.29 is 0 Å². The van der Waals surface area contributed by atoms with Gasteiger partial charge in [0.05, 0.1) is 0 Å². The van der Waals surface area contributed by atoms with Gasteiger partial charge in [-0.1, -0.05) is 13.3 Å². The van der Waals surface area contributed by atoms with Gasteiger partial charge in [-0.2, -0.15) is 0 Å². The highest BCUT2D eigenvalue weighted by atomic mass is 15.1. The molecule has 1 heterocycles. The topological polar surface area (TPSA) is 15.3 Å². The van der Waals surface area contributed by atoms with Gasteiger partial charge in [-0.15, -0.1) is 0 Å². The number of hydrogen-bond acceptors (Lipinski definition) is 2. The van der Waals surface area contributed by atoms with Gasteiger partial charge in [-0.25, -0.2) is 0 Å². The molecule has 1 N–H and O–H groups in total. The zero-order valence-corrected chi connectivity index (χ0v) is 12.7. The van der Waals surface area contributed by atoms with Gasteiger partial charge in [0.15, 0.2) is 0 Å². The van der Waals surface area contributed by atoms with Crippen molar-refractivity contribution in [3.05, 3.63) is 0 Å². The molecule has 0 bridgehead atoms. The summed E-state index contributed by atoms with van der Waals surface area (Å²) in [6.45, 7) is 10.9. The van der Waals surface area contributed by atoms with Crippen LogP contribution in [0.15, 0.2) is 0 Å². The highest BCUT2D eigenvalue weighted by Crippen LogP contribution is 2.49. The van der Waals surface area contributed by atoms with Crippen LogP contribution in [0.1, 0.15) is 65.7 Å². The van der Waals surface area contributed by atoms with E-state index in [1.807, 2.05) is 0 Å². The number of likely N-dealkylation sites (tertiary alicyclic amines) is 1. The first-order valence-electron chi connectivity index (χ1n) is 8.13. The Morgan fingerprint density at radius 2 is 2.00 bits per heavy atom. The molecule has 1 aliphatic carbocycles. The second-order valence-corrected chi connectivity index (χ2v) is 6.89. The molecule has 1 aliphatic heterocycles. The Bertz CT molecular complexity index is 245. The Hall–Kier alpha value is -0.0800. The van der Waals surface area contributed by atoms with Gasteiger partial charge in [-0.05, 0) is 70.9 Å². The van der Waals surface area contributed by atoms with Crippen molar-refractivity contribution in [1.82, 2.24) is 10.2 Å². The van der Waals surface area contributed by atoms with Crippen LogP contribution in [-0.2, 0) is 0 Å². The summed E-state index contributed by atoms with van der Waals surface area (Å²) in [5.74, 6) is 0. The summed E-state index contributed by atoms with van der Waals surface area (Å²) in [4.78, 5) is 2.64. The maximum atomic E-state index is 3.88. The highest BCUT2D eigenvalue weighted by molar-refractivity contribution is 4.95. The van der Waals surface area contributed by atoms with E-state index >= 15 is 0 Å². The van der Waals surface area contributed by atoms with E-state index in [1.165, 1.54) is 64.6 Å². The minimum Gasteiger partial charge on any atom is -0.313 e. The predicted molar refractivity (Wildman–Crippen MR) is 78.9 cm³/mol. The standard InChI is InChI=1S/C16H32N2/c1-4-8-16(9-10-16)13-17-15-6-5-11-18(12-7-15)14(2)3/h14-15,17H,4-13H2,1-3H3. The van der Waals surface area contributed by atoms with E-state index in [4.69, 9.17) is 0 Å². The van der Waals surface area contributed by atoms with Gasteiger partial charge in [-0.3, -0.25) is 0 Å². The Balaban J connectivity index is 1.70.